The zero-order valence-corrected chi connectivity index (χ0v) is 27.2. The number of hydrogen-bond donors (Lipinski definition) is 2. The van der Waals surface area contributed by atoms with Crippen molar-refractivity contribution in [2.45, 2.75) is 134 Å². The molecule has 2 aromatic heterocycles. The van der Waals surface area contributed by atoms with Gasteiger partial charge in [-0.15, -0.1) is 0 Å². The number of rotatable bonds is 6. The predicted octanol–water partition coefficient (Wildman–Crippen LogP) is 5.37. The van der Waals surface area contributed by atoms with Crippen molar-refractivity contribution in [2.75, 3.05) is 31.6 Å². The van der Waals surface area contributed by atoms with E-state index in [1.54, 1.807) is 0 Å². The average molecular weight is 593 g/mol. The van der Waals surface area contributed by atoms with Gasteiger partial charge in [0.15, 0.2) is 5.65 Å². The third kappa shape index (κ3) is 6.45. The summed E-state index contributed by atoms with van der Waals surface area (Å²) in [5, 5.41) is 7.20. The van der Waals surface area contributed by atoms with Crippen LogP contribution < -0.4 is 16.1 Å². The van der Waals surface area contributed by atoms with E-state index in [0.29, 0.717) is 11.8 Å². The zero-order valence-electron chi connectivity index (χ0n) is 27.2. The number of hydrazine groups is 1. The van der Waals surface area contributed by atoms with Crippen molar-refractivity contribution in [2.24, 2.45) is 17.6 Å². The first-order valence-corrected chi connectivity index (χ1v) is 17.4. The number of piperidine rings is 1. The molecule has 6 rings (SSSR count). The molecule has 1 saturated carbocycles. The van der Waals surface area contributed by atoms with Gasteiger partial charge in [-0.05, 0) is 70.1 Å². The molecular formula is C34H56N8O. The van der Waals surface area contributed by atoms with Crippen molar-refractivity contribution >= 4 is 17.4 Å². The molecule has 1 aliphatic carbocycles. The third-order valence-corrected chi connectivity index (χ3v) is 10.9. The molecule has 43 heavy (non-hydrogen) atoms. The molecule has 1 amide bonds. The standard InChI is InChI=1S/C34H56N8O/c1-24(2)20-34(26-13-9-7-5-6-8-10-14-26)21-30(39(4)38-34)33(43)41-17-12-11-15-29(41)28-19-31-36-32(25(3)22-42(31)37-28)40-18-16-27(35)23-40/h19,22,24,26-27,29-30,38H,5-18,20-21,23,35H2,1-4H3/t27-,29-,30?,34?/m0/s1. The van der Waals surface area contributed by atoms with Crippen LogP contribution in [0.1, 0.15) is 121 Å². The first-order chi connectivity index (χ1) is 20.7. The molecule has 4 fully saturated rings. The maximum atomic E-state index is 14.5. The normalized spacial score (nSPS) is 30.2. The largest absolute Gasteiger partial charge is 0.355 e. The molecule has 0 radical (unpaired) electrons. The molecule has 2 aromatic rings. The highest BCUT2D eigenvalue weighted by atomic mass is 16.2. The number of anilines is 1. The molecule has 2 unspecified atom stereocenters. The molecule has 3 aliphatic heterocycles. The minimum Gasteiger partial charge on any atom is -0.355 e. The number of amides is 1. The van der Waals surface area contributed by atoms with Gasteiger partial charge in [0, 0.05) is 56.1 Å². The van der Waals surface area contributed by atoms with Crippen LogP contribution in [0.25, 0.3) is 5.65 Å². The number of carbonyl (C=O) groups is 1. The van der Waals surface area contributed by atoms with Crippen LogP contribution in [0.15, 0.2) is 12.3 Å². The lowest BCUT2D eigenvalue weighted by Gasteiger charge is -2.40. The fourth-order valence-corrected chi connectivity index (χ4v) is 8.85. The molecule has 5 heterocycles. The highest BCUT2D eigenvalue weighted by Crippen LogP contribution is 2.43. The van der Waals surface area contributed by atoms with Crippen LogP contribution in [0.2, 0.25) is 0 Å². The van der Waals surface area contributed by atoms with E-state index in [1.807, 2.05) is 4.52 Å². The Morgan fingerprint density at radius 2 is 1.77 bits per heavy atom. The quantitative estimate of drug-likeness (QED) is 0.466. The smallest absolute Gasteiger partial charge is 0.241 e. The Bertz CT molecular complexity index is 1250. The lowest BCUT2D eigenvalue weighted by atomic mass is 9.71. The summed E-state index contributed by atoms with van der Waals surface area (Å²) in [7, 11) is 2.11. The van der Waals surface area contributed by atoms with Gasteiger partial charge >= 0.3 is 0 Å². The van der Waals surface area contributed by atoms with E-state index in [1.165, 1.54) is 51.4 Å². The Hall–Kier alpha value is -2.23. The molecule has 0 aromatic carbocycles. The van der Waals surface area contributed by atoms with Crippen LogP contribution in [0, 0.1) is 18.8 Å². The van der Waals surface area contributed by atoms with Crippen LogP contribution in [0.3, 0.4) is 0 Å². The van der Waals surface area contributed by atoms with E-state index in [9.17, 15) is 4.79 Å². The van der Waals surface area contributed by atoms with Gasteiger partial charge in [0.2, 0.25) is 5.91 Å². The fourth-order valence-electron chi connectivity index (χ4n) is 8.85. The number of hydrogen-bond acceptors (Lipinski definition) is 7. The van der Waals surface area contributed by atoms with Crippen molar-refractivity contribution in [1.29, 1.82) is 0 Å². The summed E-state index contributed by atoms with van der Waals surface area (Å²) < 4.78 is 1.91. The van der Waals surface area contributed by atoms with Crippen molar-refractivity contribution in [3.05, 3.63) is 23.5 Å². The summed E-state index contributed by atoms with van der Waals surface area (Å²) in [6.07, 6.45) is 18.9. The number of aromatic nitrogens is 3. The second kappa shape index (κ2) is 13.0. The molecule has 0 bridgehead atoms. The predicted molar refractivity (Wildman–Crippen MR) is 173 cm³/mol. The number of nitrogens with one attached hydrogen (secondary N) is 1. The molecule has 9 nitrogen and oxygen atoms in total. The van der Waals surface area contributed by atoms with E-state index < -0.39 is 0 Å². The van der Waals surface area contributed by atoms with E-state index in [2.05, 4.69) is 60.3 Å². The Morgan fingerprint density at radius 1 is 1.05 bits per heavy atom. The monoisotopic (exact) mass is 592 g/mol. The lowest BCUT2D eigenvalue weighted by molar-refractivity contribution is -0.140. The zero-order chi connectivity index (χ0) is 30.1. The van der Waals surface area contributed by atoms with E-state index in [4.69, 9.17) is 15.8 Å². The molecular weight excluding hydrogens is 536 g/mol. The fraction of sp³-hybridized carbons (Fsp3) is 0.794. The summed E-state index contributed by atoms with van der Waals surface area (Å²) in [4.78, 5) is 24.0. The molecule has 4 atom stereocenters. The Balaban J connectivity index is 1.24. The van der Waals surface area contributed by atoms with Gasteiger partial charge < -0.3 is 15.5 Å². The Labute approximate surface area is 258 Å². The van der Waals surface area contributed by atoms with Crippen molar-refractivity contribution in [3.8, 4) is 0 Å². The Morgan fingerprint density at radius 3 is 2.47 bits per heavy atom. The maximum Gasteiger partial charge on any atom is 0.241 e. The highest BCUT2D eigenvalue weighted by molar-refractivity contribution is 5.83. The Kier molecular flexibility index (Phi) is 9.32. The molecule has 0 spiro atoms. The van der Waals surface area contributed by atoms with Crippen LogP contribution in [0.4, 0.5) is 5.82 Å². The minimum absolute atomic E-state index is 0.00207. The molecule has 238 valence electrons. The number of likely N-dealkylation sites (tertiary alicyclic amines) is 1. The van der Waals surface area contributed by atoms with Crippen LogP contribution in [-0.4, -0.2) is 74.7 Å². The maximum absolute atomic E-state index is 14.5. The minimum atomic E-state index is -0.143. The number of nitrogens with zero attached hydrogens (tertiary/aromatic N) is 6. The number of nitrogens with two attached hydrogens (primary N) is 1. The topological polar surface area (TPSA) is 95.0 Å². The first-order valence-electron chi connectivity index (χ1n) is 17.4. The summed E-state index contributed by atoms with van der Waals surface area (Å²) in [5.41, 5.74) is 13.1. The average Bonchev–Trinajstić information content (AvgIpc) is 3.70. The van der Waals surface area contributed by atoms with Gasteiger partial charge in [0.1, 0.15) is 11.9 Å². The molecule has 3 N–H and O–H groups in total. The van der Waals surface area contributed by atoms with Gasteiger partial charge in [0.25, 0.3) is 0 Å². The number of likely N-dealkylation sites (N-methyl/N-ethyl adjacent to an activating group) is 1. The van der Waals surface area contributed by atoms with Gasteiger partial charge in [-0.2, -0.15) is 5.10 Å². The summed E-state index contributed by atoms with van der Waals surface area (Å²) in [5.74, 6) is 2.48. The number of carbonyl (C=O) groups excluding carboxylic acids is 1. The van der Waals surface area contributed by atoms with E-state index in [-0.39, 0.29) is 29.6 Å². The van der Waals surface area contributed by atoms with Crippen LogP contribution in [-0.2, 0) is 4.79 Å². The molecule has 4 aliphatic rings. The van der Waals surface area contributed by atoms with Gasteiger partial charge in [-0.3, -0.25) is 4.79 Å². The third-order valence-electron chi connectivity index (χ3n) is 10.9. The van der Waals surface area contributed by atoms with Gasteiger partial charge in [0.05, 0.1) is 11.7 Å². The highest BCUT2D eigenvalue weighted by Gasteiger charge is 2.51. The number of fused-ring (bicyclic) bond motifs is 1. The first kappa shape index (κ1) is 30.8. The second-order valence-corrected chi connectivity index (χ2v) is 14.7. The number of aryl methyl sites for hydroxylation is 1. The van der Waals surface area contributed by atoms with Crippen LogP contribution in [0.5, 0.6) is 0 Å². The van der Waals surface area contributed by atoms with Gasteiger partial charge in [-0.25, -0.2) is 19.9 Å². The van der Waals surface area contributed by atoms with Crippen LogP contribution >= 0.6 is 0 Å². The summed E-state index contributed by atoms with van der Waals surface area (Å²) >= 11 is 0. The van der Waals surface area contributed by atoms with Gasteiger partial charge in [-0.1, -0.05) is 52.4 Å². The van der Waals surface area contributed by atoms with E-state index >= 15 is 0 Å². The van der Waals surface area contributed by atoms with Crippen molar-refractivity contribution in [1.82, 2.24) is 29.9 Å². The second-order valence-electron chi connectivity index (χ2n) is 14.7. The van der Waals surface area contributed by atoms with E-state index in [0.717, 1.165) is 80.9 Å². The summed E-state index contributed by atoms with van der Waals surface area (Å²) in [6.45, 7) is 9.38. The molecule has 3 saturated heterocycles. The van der Waals surface area contributed by atoms with Crippen molar-refractivity contribution in [3.63, 3.8) is 0 Å². The lowest BCUT2D eigenvalue weighted by Crippen LogP contribution is -2.52. The SMILES string of the molecule is Cc1cn2nc([C@@H]3CCCCN3C(=O)C3CC(CC(C)C)(C4CCCCCCCC4)NN3C)cc2nc1N1CC[C@H](N)C1. The summed E-state index contributed by atoms with van der Waals surface area (Å²) in [6, 6.07) is 2.17. The molecule has 9 heteroatoms. The van der Waals surface area contributed by atoms with Crippen molar-refractivity contribution < 1.29 is 4.79 Å².